The van der Waals surface area contributed by atoms with Crippen molar-refractivity contribution in [2.24, 2.45) is 5.10 Å². The van der Waals surface area contributed by atoms with Crippen LogP contribution in [0.4, 0.5) is 0 Å². The van der Waals surface area contributed by atoms with Crippen molar-refractivity contribution >= 4 is 58.8 Å². The minimum atomic E-state index is -0.681. The first-order chi connectivity index (χ1) is 16.8. The van der Waals surface area contributed by atoms with Crippen molar-refractivity contribution < 1.29 is 23.9 Å². The highest BCUT2D eigenvalue weighted by molar-refractivity contribution is 6.36. The molecule has 0 aliphatic rings. The fraction of sp³-hybridized carbons (Fsp3) is 0.0833. The molecule has 0 bridgehead atoms. The molecule has 0 saturated heterocycles. The van der Waals surface area contributed by atoms with E-state index in [0.717, 1.165) is 0 Å². The third-order valence-corrected chi connectivity index (χ3v) is 5.26. The zero-order chi connectivity index (χ0) is 25.4. The van der Waals surface area contributed by atoms with Crippen LogP contribution in [-0.4, -0.2) is 37.7 Å². The van der Waals surface area contributed by atoms with Crippen LogP contribution in [0.3, 0.4) is 0 Å². The number of nitrogens with one attached hydrogen (secondary N) is 2. The lowest BCUT2D eigenvalue weighted by molar-refractivity contribution is -0.120. The summed E-state index contributed by atoms with van der Waals surface area (Å²) in [6, 6.07) is 15.3. The zero-order valence-corrected chi connectivity index (χ0v) is 20.4. The van der Waals surface area contributed by atoms with Crippen LogP contribution in [0.25, 0.3) is 0 Å². The van der Waals surface area contributed by atoms with Crippen molar-refractivity contribution in [3.05, 3.63) is 92.4 Å². The number of amides is 2. The summed E-state index contributed by atoms with van der Waals surface area (Å²) in [4.78, 5) is 36.4. The molecule has 0 aliphatic carbocycles. The minimum Gasteiger partial charge on any atom is -0.493 e. The van der Waals surface area contributed by atoms with E-state index in [2.05, 4.69) is 15.8 Å². The first-order valence-corrected chi connectivity index (χ1v) is 11.1. The lowest BCUT2D eigenvalue weighted by Crippen LogP contribution is -2.34. The maximum atomic E-state index is 12.4. The molecule has 0 heterocycles. The number of hydrazone groups is 1. The number of carbonyl (C=O) groups is 3. The predicted octanol–water partition coefficient (Wildman–Crippen LogP) is 4.75. The minimum absolute atomic E-state index is 0.148. The van der Waals surface area contributed by atoms with E-state index >= 15 is 0 Å². The Balaban J connectivity index is 1.55. The second-order valence-electron chi connectivity index (χ2n) is 6.91. The smallest absolute Gasteiger partial charge is 0.345 e. The van der Waals surface area contributed by atoms with Crippen LogP contribution in [0.1, 0.15) is 26.3 Å². The Kier molecular flexibility index (Phi) is 9.08. The number of benzene rings is 3. The summed E-state index contributed by atoms with van der Waals surface area (Å²) >= 11 is 17.7. The van der Waals surface area contributed by atoms with Gasteiger partial charge in [0.1, 0.15) is 0 Å². The SMILES string of the molecule is COc1cc(C=NNC(=O)CNC(=O)c2ccc(Cl)cc2)ccc1OC(=O)c1ccc(Cl)cc1Cl. The number of rotatable bonds is 8. The standard InChI is InChI=1S/C24H18Cl3N3O5/c1-34-21-10-14(2-9-20(21)35-24(33)18-8-7-17(26)11-19(18)27)12-29-30-22(31)13-28-23(32)15-3-5-16(25)6-4-15/h2-12H,13H2,1H3,(H,28,32)(H,30,31). The molecule has 11 heteroatoms. The van der Waals surface area contributed by atoms with E-state index in [0.29, 0.717) is 21.2 Å². The van der Waals surface area contributed by atoms with E-state index in [4.69, 9.17) is 44.3 Å². The lowest BCUT2D eigenvalue weighted by Gasteiger charge is -2.10. The Labute approximate surface area is 215 Å². The highest BCUT2D eigenvalue weighted by atomic mass is 35.5. The average Bonchev–Trinajstić information content (AvgIpc) is 2.83. The largest absolute Gasteiger partial charge is 0.493 e. The lowest BCUT2D eigenvalue weighted by atomic mass is 10.2. The summed E-state index contributed by atoms with van der Waals surface area (Å²) in [5.41, 5.74) is 3.38. The van der Waals surface area contributed by atoms with Crippen LogP contribution in [0.2, 0.25) is 15.1 Å². The van der Waals surface area contributed by atoms with Gasteiger partial charge in [-0.3, -0.25) is 9.59 Å². The maximum absolute atomic E-state index is 12.4. The third-order valence-electron chi connectivity index (χ3n) is 4.46. The van der Waals surface area contributed by atoms with Gasteiger partial charge in [0.2, 0.25) is 0 Å². The summed E-state index contributed by atoms with van der Waals surface area (Å²) in [5, 5.41) is 7.38. The van der Waals surface area contributed by atoms with Crippen molar-refractivity contribution in [2.45, 2.75) is 0 Å². The fourth-order valence-electron chi connectivity index (χ4n) is 2.74. The van der Waals surface area contributed by atoms with Crippen LogP contribution in [0, 0.1) is 0 Å². The zero-order valence-electron chi connectivity index (χ0n) is 18.2. The van der Waals surface area contributed by atoms with Crippen LogP contribution in [-0.2, 0) is 4.79 Å². The number of methoxy groups -OCH3 is 1. The highest BCUT2D eigenvalue weighted by Gasteiger charge is 2.16. The third kappa shape index (κ3) is 7.45. The van der Waals surface area contributed by atoms with Gasteiger partial charge in [0.05, 0.1) is 30.5 Å². The molecule has 0 unspecified atom stereocenters. The molecular weight excluding hydrogens is 517 g/mol. The van der Waals surface area contributed by atoms with Crippen LogP contribution in [0.5, 0.6) is 11.5 Å². The fourth-order valence-corrected chi connectivity index (χ4v) is 3.35. The molecule has 2 N–H and O–H groups in total. The Hall–Kier alpha value is -3.59. The molecule has 0 radical (unpaired) electrons. The van der Waals surface area contributed by atoms with Crippen molar-refractivity contribution in [3.63, 3.8) is 0 Å². The monoisotopic (exact) mass is 533 g/mol. The second-order valence-corrected chi connectivity index (χ2v) is 8.19. The molecule has 0 fully saturated rings. The molecule has 180 valence electrons. The summed E-state index contributed by atoms with van der Waals surface area (Å²) in [6.07, 6.45) is 1.36. The molecule has 3 rings (SSSR count). The van der Waals surface area contributed by atoms with E-state index in [1.807, 2.05) is 0 Å². The summed E-state index contributed by atoms with van der Waals surface area (Å²) in [5.74, 6) is -1.21. The molecular formula is C24H18Cl3N3O5. The van der Waals surface area contributed by atoms with Gasteiger partial charge in [-0.25, -0.2) is 10.2 Å². The predicted molar refractivity (Wildman–Crippen MR) is 134 cm³/mol. The van der Waals surface area contributed by atoms with E-state index in [1.54, 1.807) is 36.4 Å². The van der Waals surface area contributed by atoms with Crippen molar-refractivity contribution in [3.8, 4) is 11.5 Å². The molecule has 35 heavy (non-hydrogen) atoms. The summed E-state index contributed by atoms with van der Waals surface area (Å²) in [6.45, 7) is -0.274. The van der Waals surface area contributed by atoms with E-state index < -0.39 is 17.8 Å². The van der Waals surface area contributed by atoms with Crippen LogP contribution in [0.15, 0.2) is 65.8 Å². The first-order valence-electron chi connectivity index (χ1n) is 9.97. The second kappa shape index (κ2) is 12.2. The Bertz CT molecular complexity index is 1280. The molecule has 0 aromatic heterocycles. The molecule has 0 aliphatic heterocycles. The Morgan fingerprint density at radius 3 is 2.31 bits per heavy atom. The normalized spacial score (nSPS) is 10.6. The summed E-state index contributed by atoms with van der Waals surface area (Å²) in [7, 11) is 1.41. The van der Waals surface area contributed by atoms with Crippen LogP contribution < -0.4 is 20.2 Å². The number of halogens is 3. The van der Waals surface area contributed by atoms with Crippen molar-refractivity contribution in [2.75, 3.05) is 13.7 Å². The van der Waals surface area contributed by atoms with Gasteiger partial charge in [-0.1, -0.05) is 34.8 Å². The maximum Gasteiger partial charge on any atom is 0.345 e. The van der Waals surface area contributed by atoms with Gasteiger partial charge in [-0.05, 0) is 66.2 Å². The first kappa shape index (κ1) is 26.0. The molecule has 8 nitrogen and oxygen atoms in total. The average molecular weight is 535 g/mol. The molecule has 0 atom stereocenters. The highest BCUT2D eigenvalue weighted by Crippen LogP contribution is 2.30. The molecule has 3 aromatic carbocycles. The van der Waals surface area contributed by atoms with Gasteiger partial charge in [0, 0.05) is 15.6 Å². The van der Waals surface area contributed by atoms with E-state index in [-0.39, 0.29) is 28.6 Å². The Morgan fingerprint density at radius 1 is 0.914 bits per heavy atom. The molecule has 0 saturated carbocycles. The number of nitrogens with zero attached hydrogens (tertiary/aromatic N) is 1. The van der Waals surface area contributed by atoms with E-state index in [9.17, 15) is 14.4 Å². The van der Waals surface area contributed by atoms with Gasteiger partial charge in [-0.2, -0.15) is 5.10 Å². The molecule has 2 amide bonds. The van der Waals surface area contributed by atoms with Crippen LogP contribution >= 0.6 is 34.8 Å². The number of esters is 1. The quantitative estimate of drug-likeness (QED) is 0.188. The Morgan fingerprint density at radius 2 is 1.63 bits per heavy atom. The number of hydrogen-bond donors (Lipinski definition) is 2. The molecule has 3 aromatic rings. The molecule has 0 spiro atoms. The van der Waals surface area contributed by atoms with Gasteiger partial charge in [-0.15, -0.1) is 0 Å². The van der Waals surface area contributed by atoms with E-state index in [1.165, 1.54) is 37.6 Å². The van der Waals surface area contributed by atoms with Gasteiger partial charge in [0.25, 0.3) is 11.8 Å². The topological polar surface area (TPSA) is 106 Å². The number of carbonyl (C=O) groups excluding carboxylic acids is 3. The van der Waals surface area contributed by atoms with Gasteiger partial charge in [0.15, 0.2) is 11.5 Å². The summed E-state index contributed by atoms with van der Waals surface area (Å²) < 4.78 is 10.7. The van der Waals surface area contributed by atoms with Crippen molar-refractivity contribution in [1.82, 2.24) is 10.7 Å². The van der Waals surface area contributed by atoms with Gasteiger partial charge >= 0.3 is 5.97 Å². The number of ether oxygens (including phenoxy) is 2. The van der Waals surface area contributed by atoms with Gasteiger partial charge < -0.3 is 14.8 Å². The number of hydrogen-bond acceptors (Lipinski definition) is 6. The van der Waals surface area contributed by atoms with Crippen molar-refractivity contribution in [1.29, 1.82) is 0 Å².